The average molecular weight is 481 g/mol. The van der Waals surface area contributed by atoms with Crippen LogP contribution in [-0.2, 0) is 11.3 Å². The summed E-state index contributed by atoms with van der Waals surface area (Å²) in [5.74, 6) is 1.16. The molecule has 0 aliphatic carbocycles. The number of carbonyl (C=O) groups excluding carboxylic acids is 1. The van der Waals surface area contributed by atoms with Gasteiger partial charge in [-0.15, -0.1) is 10.2 Å². The van der Waals surface area contributed by atoms with Crippen molar-refractivity contribution in [1.29, 1.82) is 0 Å². The Hall–Kier alpha value is -4.10. The number of rotatable bonds is 8. The van der Waals surface area contributed by atoms with E-state index in [-0.39, 0.29) is 5.91 Å². The van der Waals surface area contributed by atoms with Crippen molar-refractivity contribution >= 4 is 23.4 Å². The third-order valence-electron chi connectivity index (χ3n) is 5.56. The fraction of sp³-hybridized carbons (Fsp3) is 0.107. The molecule has 0 bridgehead atoms. The maximum atomic E-state index is 13.2. The van der Waals surface area contributed by atoms with Gasteiger partial charge in [-0.1, -0.05) is 90.6 Å². The number of amides is 1. The van der Waals surface area contributed by atoms with Gasteiger partial charge in [-0.25, -0.2) is 0 Å². The maximum absolute atomic E-state index is 13.2. The summed E-state index contributed by atoms with van der Waals surface area (Å²) < 4.78 is 7.57. The van der Waals surface area contributed by atoms with E-state index >= 15 is 0 Å². The molecule has 35 heavy (non-hydrogen) atoms. The van der Waals surface area contributed by atoms with Gasteiger partial charge >= 0.3 is 0 Å². The number of carbonyl (C=O) groups is 1. The zero-order chi connectivity index (χ0) is 24.0. The molecule has 1 unspecified atom stereocenters. The monoisotopic (exact) mass is 480 g/mol. The number of thioether (sulfide) groups is 1. The van der Waals surface area contributed by atoms with Gasteiger partial charge in [-0.3, -0.25) is 9.36 Å². The van der Waals surface area contributed by atoms with E-state index in [9.17, 15) is 4.79 Å². The SMILES string of the molecule is CC(Sc1nnc(-c2ccco2)n1Cc1ccccc1)C(=O)Nc1ccccc1-c1ccccc1. The quantitative estimate of drug-likeness (QED) is 0.261. The van der Waals surface area contributed by atoms with Crippen LogP contribution in [0.5, 0.6) is 0 Å². The lowest BCUT2D eigenvalue weighted by Crippen LogP contribution is -2.23. The van der Waals surface area contributed by atoms with Gasteiger partial charge in [0.15, 0.2) is 10.9 Å². The van der Waals surface area contributed by atoms with Gasteiger partial charge in [-0.2, -0.15) is 0 Å². The van der Waals surface area contributed by atoms with Gasteiger partial charge < -0.3 is 9.73 Å². The van der Waals surface area contributed by atoms with Gasteiger partial charge in [0, 0.05) is 11.3 Å². The van der Waals surface area contributed by atoms with E-state index in [0.29, 0.717) is 23.3 Å². The first-order chi connectivity index (χ1) is 17.2. The zero-order valence-electron chi connectivity index (χ0n) is 19.2. The number of hydrogen-bond donors (Lipinski definition) is 1. The number of aromatic nitrogens is 3. The molecule has 3 aromatic carbocycles. The summed E-state index contributed by atoms with van der Waals surface area (Å²) in [5, 5.41) is 12.1. The van der Waals surface area contributed by atoms with E-state index in [2.05, 4.69) is 27.6 Å². The standard InChI is InChI=1S/C28H24N4O2S/c1-20(27(33)29-24-16-9-8-15-23(24)22-13-6-3-7-14-22)35-28-31-30-26(25-17-10-18-34-25)32(28)19-21-11-4-2-5-12-21/h2-18,20H,19H2,1H3,(H,29,33). The second kappa shape index (κ2) is 10.4. The summed E-state index contributed by atoms with van der Waals surface area (Å²) in [5.41, 5.74) is 3.91. The zero-order valence-corrected chi connectivity index (χ0v) is 20.0. The predicted octanol–water partition coefficient (Wildman–Crippen LogP) is 6.37. The first-order valence-corrected chi connectivity index (χ1v) is 12.2. The number of hydrogen-bond acceptors (Lipinski definition) is 5. The maximum Gasteiger partial charge on any atom is 0.237 e. The molecular weight excluding hydrogens is 456 g/mol. The van der Waals surface area contributed by atoms with Gasteiger partial charge in [0.1, 0.15) is 0 Å². The highest BCUT2D eigenvalue weighted by Crippen LogP contribution is 2.31. The Labute approximate surface area is 208 Å². The molecule has 2 heterocycles. The average Bonchev–Trinajstić information content (AvgIpc) is 3.56. The Morgan fingerprint density at radius 2 is 1.63 bits per heavy atom. The number of benzene rings is 3. The molecule has 7 heteroatoms. The summed E-state index contributed by atoms with van der Waals surface area (Å²) >= 11 is 1.37. The normalized spacial score (nSPS) is 11.8. The number of nitrogens with one attached hydrogen (secondary N) is 1. The topological polar surface area (TPSA) is 73.0 Å². The Morgan fingerprint density at radius 3 is 2.37 bits per heavy atom. The molecule has 0 saturated carbocycles. The minimum Gasteiger partial charge on any atom is -0.461 e. The molecule has 6 nitrogen and oxygen atoms in total. The van der Waals surface area contributed by atoms with E-state index in [1.807, 2.05) is 96.4 Å². The molecule has 1 atom stereocenters. The fourth-order valence-corrected chi connectivity index (χ4v) is 4.63. The third kappa shape index (κ3) is 5.20. The molecule has 0 radical (unpaired) electrons. The molecule has 0 fully saturated rings. The van der Waals surface area contributed by atoms with Crippen molar-refractivity contribution in [2.45, 2.75) is 23.9 Å². The highest BCUT2D eigenvalue weighted by molar-refractivity contribution is 8.00. The molecule has 174 valence electrons. The largest absolute Gasteiger partial charge is 0.461 e. The van der Waals surface area contributed by atoms with Crippen molar-refractivity contribution in [3.8, 4) is 22.7 Å². The number of nitrogens with zero attached hydrogens (tertiary/aromatic N) is 3. The van der Waals surface area contributed by atoms with Crippen LogP contribution in [0.1, 0.15) is 12.5 Å². The fourth-order valence-electron chi connectivity index (χ4n) is 3.78. The molecular formula is C28H24N4O2S. The summed E-state index contributed by atoms with van der Waals surface area (Å²) in [4.78, 5) is 13.2. The van der Waals surface area contributed by atoms with E-state index in [1.54, 1.807) is 6.26 Å². The van der Waals surface area contributed by atoms with Crippen molar-refractivity contribution in [3.05, 3.63) is 109 Å². The highest BCUT2D eigenvalue weighted by atomic mass is 32.2. The van der Waals surface area contributed by atoms with Crippen LogP contribution in [0.25, 0.3) is 22.7 Å². The minimum absolute atomic E-state index is 0.104. The molecule has 0 spiro atoms. The Morgan fingerprint density at radius 1 is 0.914 bits per heavy atom. The molecule has 0 aliphatic heterocycles. The molecule has 5 rings (SSSR count). The third-order valence-corrected chi connectivity index (χ3v) is 6.64. The van der Waals surface area contributed by atoms with Crippen LogP contribution in [0.2, 0.25) is 0 Å². The van der Waals surface area contributed by atoms with Gasteiger partial charge in [0.05, 0.1) is 18.1 Å². The minimum atomic E-state index is -0.401. The molecule has 0 saturated heterocycles. The lowest BCUT2D eigenvalue weighted by Gasteiger charge is -2.15. The van der Waals surface area contributed by atoms with E-state index in [1.165, 1.54) is 11.8 Å². The van der Waals surface area contributed by atoms with Crippen LogP contribution in [-0.4, -0.2) is 25.9 Å². The molecule has 5 aromatic rings. The summed E-state index contributed by atoms with van der Waals surface area (Å²) in [7, 11) is 0. The lowest BCUT2D eigenvalue weighted by atomic mass is 10.0. The molecule has 1 amide bonds. The number of para-hydroxylation sites is 1. The second-order valence-corrected chi connectivity index (χ2v) is 9.32. The van der Waals surface area contributed by atoms with E-state index in [4.69, 9.17) is 4.42 Å². The van der Waals surface area contributed by atoms with Crippen LogP contribution < -0.4 is 5.32 Å². The number of furan rings is 1. The van der Waals surface area contributed by atoms with E-state index < -0.39 is 5.25 Å². The Bertz CT molecular complexity index is 1400. The predicted molar refractivity (Wildman–Crippen MR) is 139 cm³/mol. The van der Waals surface area contributed by atoms with Crippen molar-refractivity contribution in [2.75, 3.05) is 5.32 Å². The number of anilines is 1. The first kappa shape index (κ1) is 22.7. The van der Waals surface area contributed by atoms with Crippen molar-refractivity contribution in [2.24, 2.45) is 0 Å². The van der Waals surface area contributed by atoms with Crippen molar-refractivity contribution < 1.29 is 9.21 Å². The van der Waals surface area contributed by atoms with E-state index in [0.717, 1.165) is 22.4 Å². The van der Waals surface area contributed by atoms with Crippen molar-refractivity contribution in [1.82, 2.24) is 14.8 Å². The van der Waals surface area contributed by atoms with Crippen LogP contribution >= 0.6 is 11.8 Å². The van der Waals surface area contributed by atoms with Crippen LogP contribution in [0.3, 0.4) is 0 Å². The lowest BCUT2D eigenvalue weighted by molar-refractivity contribution is -0.115. The molecule has 0 aliphatic rings. The van der Waals surface area contributed by atoms with Crippen LogP contribution in [0.15, 0.2) is 113 Å². The Balaban J connectivity index is 1.38. The summed E-state index contributed by atoms with van der Waals surface area (Å²) in [6.07, 6.45) is 1.62. The molecule has 1 N–H and O–H groups in total. The van der Waals surface area contributed by atoms with Crippen LogP contribution in [0.4, 0.5) is 5.69 Å². The smallest absolute Gasteiger partial charge is 0.237 e. The second-order valence-electron chi connectivity index (χ2n) is 8.02. The highest BCUT2D eigenvalue weighted by Gasteiger charge is 2.22. The van der Waals surface area contributed by atoms with Gasteiger partial charge in [0.2, 0.25) is 11.7 Å². The first-order valence-electron chi connectivity index (χ1n) is 11.3. The molecule has 2 aromatic heterocycles. The van der Waals surface area contributed by atoms with Crippen molar-refractivity contribution in [3.63, 3.8) is 0 Å². The van der Waals surface area contributed by atoms with Gasteiger partial charge in [0.25, 0.3) is 0 Å². The Kier molecular flexibility index (Phi) is 6.77. The summed E-state index contributed by atoms with van der Waals surface area (Å²) in [6.45, 7) is 2.44. The van der Waals surface area contributed by atoms with Crippen LogP contribution in [0, 0.1) is 0 Å². The van der Waals surface area contributed by atoms with Gasteiger partial charge in [-0.05, 0) is 36.2 Å². The summed E-state index contributed by atoms with van der Waals surface area (Å²) in [6, 6.07) is 31.6.